The Bertz CT molecular complexity index is 932. The van der Waals surface area contributed by atoms with Crippen molar-refractivity contribution in [3.63, 3.8) is 0 Å². The molecule has 0 saturated heterocycles. The fraction of sp³-hybridized carbons (Fsp3) is 0.211. The van der Waals surface area contributed by atoms with Gasteiger partial charge in [0.1, 0.15) is 11.3 Å². The number of nitrogens with zero attached hydrogens (tertiary/aromatic N) is 1. The number of methoxy groups -OCH3 is 1. The molecule has 1 amide bonds. The van der Waals surface area contributed by atoms with E-state index in [1.54, 1.807) is 13.4 Å². The molecule has 0 atom stereocenters. The van der Waals surface area contributed by atoms with Crippen LogP contribution in [0.5, 0.6) is 5.75 Å². The zero-order valence-corrected chi connectivity index (χ0v) is 14.8. The summed E-state index contributed by atoms with van der Waals surface area (Å²) in [6.45, 7) is 0.730. The number of fused-ring (bicyclic) bond motifs is 2. The fourth-order valence-corrected chi connectivity index (χ4v) is 3.62. The van der Waals surface area contributed by atoms with E-state index in [1.165, 1.54) is 5.56 Å². The van der Waals surface area contributed by atoms with Gasteiger partial charge in [0.15, 0.2) is 0 Å². The van der Waals surface area contributed by atoms with Gasteiger partial charge in [-0.2, -0.15) is 0 Å². The normalized spacial score (nSPS) is 13.3. The fourth-order valence-electron chi connectivity index (χ4n) is 3.22. The lowest BCUT2D eigenvalue weighted by Gasteiger charge is -2.17. The Labute approximate surface area is 148 Å². The molecule has 1 aromatic heterocycles. The second kappa shape index (κ2) is 5.98. The predicted octanol–water partition coefficient (Wildman–Crippen LogP) is 4.34. The molecule has 2 heterocycles. The largest absolute Gasteiger partial charge is 0.497 e. The van der Waals surface area contributed by atoms with E-state index in [4.69, 9.17) is 9.15 Å². The molecule has 1 aliphatic rings. The highest BCUT2D eigenvalue weighted by molar-refractivity contribution is 9.10. The summed E-state index contributed by atoms with van der Waals surface area (Å²) in [4.78, 5) is 14.6. The lowest BCUT2D eigenvalue weighted by atomic mass is 10.1. The predicted molar refractivity (Wildman–Crippen MR) is 96.7 cm³/mol. The molecule has 1 aliphatic heterocycles. The molecule has 4 nitrogen and oxygen atoms in total. The number of ether oxygens (including phenoxy) is 1. The number of rotatable bonds is 3. The second-order valence-electron chi connectivity index (χ2n) is 5.87. The van der Waals surface area contributed by atoms with Crippen molar-refractivity contribution in [2.75, 3.05) is 18.6 Å². The Balaban J connectivity index is 1.60. The van der Waals surface area contributed by atoms with Crippen molar-refractivity contribution >= 4 is 38.5 Å². The number of furan rings is 1. The van der Waals surface area contributed by atoms with Gasteiger partial charge >= 0.3 is 0 Å². The third kappa shape index (κ3) is 2.59. The van der Waals surface area contributed by atoms with Crippen molar-refractivity contribution in [3.05, 3.63) is 58.3 Å². The van der Waals surface area contributed by atoms with E-state index in [0.717, 1.165) is 45.4 Å². The number of halogens is 1. The maximum atomic E-state index is 12.8. The van der Waals surface area contributed by atoms with Gasteiger partial charge in [0.25, 0.3) is 0 Å². The summed E-state index contributed by atoms with van der Waals surface area (Å²) in [6, 6.07) is 11.7. The number of carbonyl (C=O) groups excluding carboxylic acids is 1. The van der Waals surface area contributed by atoms with Crippen LogP contribution in [0.2, 0.25) is 0 Å². The molecule has 0 aliphatic carbocycles. The lowest BCUT2D eigenvalue weighted by Crippen LogP contribution is -2.30. The quantitative estimate of drug-likeness (QED) is 0.673. The second-order valence-corrected chi connectivity index (χ2v) is 6.78. The van der Waals surface area contributed by atoms with E-state index in [0.29, 0.717) is 6.42 Å². The molecule has 3 aromatic rings. The van der Waals surface area contributed by atoms with E-state index in [2.05, 4.69) is 22.0 Å². The molecule has 24 heavy (non-hydrogen) atoms. The number of hydrogen-bond acceptors (Lipinski definition) is 3. The van der Waals surface area contributed by atoms with Gasteiger partial charge in [0, 0.05) is 33.7 Å². The molecule has 0 fully saturated rings. The molecule has 5 heteroatoms. The molecular weight excluding hydrogens is 370 g/mol. The molecule has 2 aromatic carbocycles. The molecule has 0 saturated carbocycles. The molecule has 0 radical (unpaired) electrons. The average molecular weight is 386 g/mol. The average Bonchev–Trinajstić information content (AvgIpc) is 3.18. The van der Waals surface area contributed by atoms with Crippen LogP contribution in [-0.2, 0) is 17.6 Å². The first-order valence-electron chi connectivity index (χ1n) is 7.78. The van der Waals surface area contributed by atoms with Crippen LogP contribution < -0.4 is 9.64 Å². The minimum Gasteiger partial charge on any atom is -0.497 e. The van der Waals surface area contributed by atoms with Crippen LogP contribution in [-0.4, -0.2) is 19.6 Å². The van der Waals surface area contributed by atoms with Crippen molar-refractivity contribution in [2.24, 2.45) is 0 Å². The van der Waals surface area contributed by atoms with E-state index in [9.17, 15) is 4.79 Å². The maximum Gasteiger partial charge on any atom is 0.231 e. The summed E-state index contributed by atoms with van der Waals surface area (Å²) >= 11 is 3.48. The van der Waals surface area contributed by atoms with Crippen molar-refractivity contribution in [3.8, 4) is 5.75 Å². The number of carbonyl (C=O) groups is 1. The summed E-state index contributed by atoms with van der Waals surface area (Å²) in [5.74, 6) is 0.836. The zero-order chi connectivity index (χ0) is 16.7. The van der Waals surface area contributed by atoms with Crippen LogP contribution in [0.15, 0.2) is 51.6 Å². The highest BCUT2D eigenvalue weighted by atomic mass is 79.9. The Morgan fingerprint density at radius 2 is 2.17 bits per heavy atom. The number of hydrogen-bond donors (Lipinski definition) is 0. The number of benzene rings is 2. The summed E-state index contributed by atoms with van der Waals surface area (Å²) in [7, 11) is 1.62. The van der Waals surface area contributed by atoms with Gasteiger partial charge in [0.05, 0.1) is 19.8 Å². The van der Waals surface area contributed by atoms with Gasteiger partial charge in [-0.25, -0.2) is 0 Å². The van der Waals surface area contributed by atoms with Crippen LogP contribution in [0.1, 0.15) is 11.1 Å². The Hall–Kier alpha value is -2.27. The van der Waals surface area contributed by atoms with Crippen LogP contribution in [0.3, 0.4) is 0 Å². The van der Waals surface area contributed by atoms with Gasteiger partial charge in [0.2, 0.25) is 5.91 Å². The topological polar surface area (TPSA) is 42.7 Å². The molecule has 0 N–H and O–H groups in total. The Morgan fingerprint density at radius 3 is 3.00 bits per heavy atom. The summed E-state index contributed by atoms with van der Waals surface area (Å²) in [5, 5.41) is 0.958. The van der Waals surface area contributed by atoms with Crippen molar-refractivity contribution in [2.45, 2.75) is 12.8 Å². The van der Waals surface area contributed by atoms with Crippen LogP contribution in [0.4, 0.5) is 5.69 Å². The Kier molecular flexibility index (Phi) is 3.81. The van der Waals surface area contributed by atoms with E-state index in [1.807, 2.05) is 35.2 Å². The highest BCUT2D eigenvalue weighted by Gasteiger charge is 2.25. The molecule has 0 unspecified atom stereocenters. The van der Waals surface area contributed by atoms with Crippen LogP contribution >= 0.6 is 15.9 Å². The van der Waals surface area contributed by atoms with Crippen molar-refractivity contribution in [1.29, 1.82) is 0 Å². The monoisotopic (exact) mass is 385 g/mol. The van der Waals surface area contributed by atoms with E-state index >= 15 is 0 Å². The van der Waals surface area contributed by atoms with E-state index < -0.39 is 0 Å². The van der Waals surface area contributed by atoms with Crippen molar-refractivity contribution < 1.29 is 13.9 Å². The summed E-state index contributed by atoms with van der Waals surface area (Å²) in [6.07, 6.45) is 2.89. The molecule has 0 spiro atoms. The molecule has 0 bridgehead atoms. The van der Waals surface area contributed by atoms with Crippen molar-refractivity contribution in [1.82, 2.24) is 0 Å². The zero-order valence-electron chi connectivity index (χ0n) is 13.2. The smallest absolute Gasteiger partial charge is 0.231 e. The van der Waals surface area contributed by atoms with Crippen LogP contribution in [0.25, 0.3) is 11.0 Å². The van der Waals surface area contributed by atoms with E-state index in [-0.39, 0.29) is 5.91 Å². The molecular formula is C19H16BrNO3. The summed E-state index contributed by atoms with van der Waals surface area (Å²) < 4.78 is 11.8. The number of amides is 1. The molecule has 4 rings (SSSR count). The minimum absolute atomic E-state index is 0.0922. The highest BCUT2D eigenvalue weighted by Crippen LogP contribution is 2.32. The third-order valence-electron chi connectivity index (χ3n) is 4.44. The van der Waals surface area contributed by atoms with Gasteiger partial charge < -0.3 is 14.1 Å². The SMILES string of the molecule is COc1ccc2c(CC(=O)N3CCc4cc(Br)ccc43)coc2c1. The lowest BCUT2D eigenvalue weighted by molar-refractivity contribution is -0.117. The third-order valence-corrected chi connectivity index (χ3v) is 4.94. The first-order chi connectivity index (χ1) is 11.7. The molecule has 122 valence electrons. The minimum atomic E-state index is 0.0922. The van der Waals surface area contributed by atoms with Gasteiger partial charge in [-0.05, 0) is 42.3 Å². The first kappa shape index (κ1) is 15.3. The summed E-state index contributed by atoms with van der Waals surface area (Å²) in [5.41, 5.74) is 3.86. The Morgan fingerprint density at radius 1 is 1.29 bits per heavy atom. The number of anilines is 1. The van der Waals surface area contributed by atoms with Gasteiger partial charge in [-0.3, -0.25) is 4.79 Å². The van der Waals surface area contributed by atoms with Crippen LogP contribution in [0, 0.1) is 0 Å². The van der Waals surface area contributed by atoms with Gasteiger partial charge in [-0.1, -0.05) is 15.9 Å². The van der Waals surface area contributed by atoms with Gasteiger partial charge in [-0.15, -0.1) is 0 Å². The maximum absolute atomic E-state index is 12.8. The standard InChI is InChI=1S/C19H16BrNO3/c1-23-15-3-4-16-13(11-24-18(16)10-15)9-19(22)21-7-6-12-8-14(20)2-5-17(12)21/h2-5,8,10-11H,6-7,9H2,1H3. The first-order valence-corrected chi connectivity index (χ1v) is 8.58.